The van der Waals surface area contributed by atoms with Crippen molar-refractivity contribution in [1.29, 1.82) is 0 Å². The molecule has 0 spiro atoms. The highest BCUT2D eigenvalue weighted by Crippen LogP contribution is 2.19. The van der Waals surface area contributed by atoms with E-state index in [0.29, 0.717) is 0 Å². The topological polar surface area (TPSA) is 24.4 Å². The van der Waals surface area contributed by atoms with E-state index in [1.54, 1.807) is 0 Å². The van der Waals surface area contributed by atoms with E-state index >= 15 is 0 Å². The minimum absolute atomic E-state index is 0.762. The van der Waals surface area contributed by atoms with Crippen molar-refractivity contribution >= 4 is 5.71 Å². The maximum Gasteiger partial charge on any atom is 0.107 e. The highest BCUT2D eigenvalue weighted by atomic mass is 15.0. The number of hydrogen-bond acceptors (Lipinski definition) is 2. The lowest BCUT2D eigenvalue weighted by Crippen LogP contribution is -2.22. The van der Waals surface area contributed by atoms with E-state index in [9.17, 15) is 0 Å². The molecule has 0 fully saturated rings. The SMILES string of the molecule is CC1=NCNC2=C1C=CCCC2. The Kier molecular flexibility index (Phi) is 1.98. The maximum absolute atomic E-state index is 4.35. The predicted octanol–water partition coefficient (Wildman–Crippen LogP) is 2.00. The minimum atomic E-state index is 0.762. The third-order valence-corrected chi connectivity index (χ3v) is 2.41. The second-order valence-corrected chi connectivity index (χ2v) is 3.27. The molecule has 0 aromatic heterocycles. The Labute approximate surface area is 73.1 Å². The molecule has 0 aromatic carbocycles. The summed E-state index contributed by atoms with van der Waals surface area (Å²) in [6, 6.07) is 0. The molecular formula is C10H14N2. The average Bonchev–Trinajstić information content (AvgIpc) is 2.30. The van der Waals surface area contributed by atoms with Crippen LogP contribution >= 0.6 is 0 Å². The smallest absolute Gasteiger partial charge is 0.107 e. The molecule has 0 unspecified atom stereocenters. The normalized spacial score (nSPS) is 22.6. The molecule has 0 bridgehead atoms. The summed E-state index contributed by atoms with van der Waals surface area (Å²) < 4.78 is 0. The first-order chi connectivity index (χ1) is 5.88. The van der Waals surface area contributed by atoms with Crippen molar-refractivity contribution in [3.05, 3.63) is 23.4 Å². The molecule has 2 aliphatic rings. The number of nitrogens with zero attached hydrogens (tertiary/aromatic N) is 1. The van der Waals surface area contributed by atoms with E-state index < -0.39 is 0 Å². The van der Waals surface area contributed by atoms with E-state index in [0.717, 1.165) is 6.67 Å². The lowest BCUT2D eigenvalue weighted by Gasteiger charge is -2.17. The Bertz CT molecular complexity index is 272. The second kappa shape index (κ2) is 3.13. The molecule has 0 amide bonds. The number of hydrogen-bond donors (Lipinski definition) is 1. The van der Waals surface area contributed by atoms with E-state index in [1.807, 2.05) is 0 Å². The van der Waals surface area contributed by atoms with Crippen LogP contribution in [0.3, 0.4) is 0 Å². The fourth-order valence-electron chi connectivity index (χ4n) is 1.69. The van der Waals surface area contributed by atoms with Gasteiger partial charge in [-0.2, -0.15) is 0 Å². The first-order valence-corrected chi connectivity index (χ1v) is 4.53. The molecule has 2 nitrogen and oxygen atoms in total. The first kappa shape index (κ1) is 7.59. The van der Waals surface area contributed by atoms with Crippen LogP contribution in [-0.4, -0.2) is 12.4 Å². The van der Waals surface area contributed by atoms with Gasteiger partial charge in [0.05, 0.1) is 0 Å². The van der Waals surface area contributed by atoms with Crippen molar-refractivity contribution in [2.45, 2.75) is 26.2 Å². The molecule has 2 rings (SSSR count). The predicted molar refractivity (Wildman–Crippen MR) is 51.1 cm³/mol. The van der Waals surface area contributed by atoms with E-state index in [4.69, 9.17) is 0 Å². The monoisotopic (exact) mass is 162 g/mol. The summed E-state index contributed by atoms with van der Waals surface area (Å²) in [5.41, 5.74) is 3.89. The van der Waals surface area contributed by atoms with Gasteiger partial charge in [0.15, 0.2) is 0 Å². The molecule has 0 atom stereocenters. The van der Waals surface area contributed by atoms with Gasteiger partial charge in [-0.1, -0.05) is 12.2 Å². The van der Waals surface area contributed by atoms with Crippen LogP contribution in [0.25, 0.3) is 0 Å². The van der Waals surface area contributed by atoms with Crippen LogP contribution in [-0.2, 0) is 0 Å². The maximum atomic E-state index is 4.35. The summed E-state index contributed by atoms with van der Waals surface area (Å²) in [5.74, 6) is 0. The van der Waals surface area contributed by atoms with Crippen LogP contribution in [0, 0.1) is 0 Å². The Morgan fingerprint density at radius 2 is 2.42 bits per heavy atom. The van der Waals surface area contributed by atoms with Crippen molar-refractivity contribution in [3.63, 3.8) is 0 Å². The molecule has 64 valence electrons. The zero-order valence-electron chi connectivity index (χ0n) is 7.43. The van der Waals surface area contributed by atoms with E-state index in [-0.39, 0.29) is 0 Å². The van der Waals surface area contributed by atoms with Gasteiger partial charge in [-0.15, -0.1) is 0 Å². The molecule has 1 aliphatic heterocycles. The van der Waals surface area contributed by atoms with Crippen LogP contribution < -0.4 is 5.32 Å². The van der Waals surface area contributed by atoms with Crippen molar-refractivity contribution in [2.24, 2.45) is 4.99 Å². The molecule has 1 heterocycles. The van der Waals surface area contributed by atoms with Gasteiger partial charge in [-0.3, -0.25) is 4.99 Å². The minimum Gasteiger partial charge on any atom is -0.369 e. The fraction of sp³-hybridized carbons (Fsp3) is 0.500. The molecule has 0 saturated heterocycles. The van der Waals surface area contributed by atoms with Crippen molar-refractivity contribution < 1.29 is 0 Å². The lowest BCUT2D eigenvalue weighted by molar-refractivity contribution is 0.720. The van der Waals surface area contributed by atoms with E-state index in [2.05, 4.69) is 29.4 Å². The lowest BCUT2D eigenvalue weighted by atomic mass is 10.1. The molecule has 1 aliphatic carbocycles. The van der Waals surface area contributed by atoms with Crippen molar-refractivity contribution in [2.75, 3.05) is 6.67 Å². The van der Waals surface area contributed by atoms with Gasteiger partial charge in [0, 0.05) is 17.0 Å². The summed E-state index contributed by atoms with van der Waals surface area (Å²) in [6.45, 7) is 2.85. The van der Waals surface area contributed by atoms with Crippen LogP contribution in [0.2, 0.25) is 0 Å². The first-order valence-electron chi connectivity index (χ1n) is 4.53. The largest absolute Gasteiger partial charge is 0.369 e. The molecular weight excluding hydrogens is 148 g/mol. The second-order valence-electron chi connectivity index (χ2n) is 3.27. The van der Waals surface area contributed by atoms with Crippen molar-refractivity contribution in [3.8, 4) is 0 Å². The van der Waals surface area contributed by atoms with Gasteiger partial charge in [-0.05, 0) is 26.2 Å². The van der Waals surface area contributed by atoms with Crippen LogP contribution in [0.15, 0.2) is 28.4 Å². The number of aliphatic imine (C=N–C) groups is 1. The Morgan fingerprint density at radius 1 is 1.50 bits per heavy atom. The summed E-state index contributed by atoms with van der Waals surface area (Å²) >= 11 is 0. The molecule has 0 saturated carbocycles. The zero-order valence-corrected chi connectivity index (χ0v) is 7.43. The molecule has 0 radical (unpaired) electrons. The number of allylic oxidation sites excluding steroid dienone is 4. The molecule has 1 N–H and O–H groups in total. The highest BCUT2D eigenvalue weighted by molar-refractivity contribution is 6.01. The van der Waals surface area contributed by atoms with Crippen LogP contribution in [0.1, 0.15) is 26.2 Å². The average molecular weight is 162 g/mol. The Balaban J connectivity index is 2.35. The van der Waals surface area contributed by atoms with Crippen LogP contribution in [0.4, 0.5) is 0 Å². The Morgan fingerprint density at radius 3 is 3.33 bits per heavy atom. The molecule has 12 heavy (non-hydrogen) atoms. The Hall–Kier alpha value is -1.05. The molecule has 2 heteroatoms. The van der Waals surface area contributed by atoms with Gasteiger partial charge in [-0.25, -0.2) is 0 Å². The summed E-state index contributed by atoms with van der Waals surface area (Å²) in [6.07, 6.45) is 8.08. The quantitative estimate of drug-likeness (QED) is 0.579. The van der Waals surface area contributed by atoms with Crippen LogP contribution in [0.5, 0.6) is 0 Å². The van der Waals surface area contributed by atoms with Gasteiger partial charge in [0.2, 0.25) is 0 Å². The van der Waals surface area contributed by atoms with Gasteiger partial charge >= 0.3 is 0 Å². The van der Waals surface area contributed by atoms with Crippen molar-refractivity contribution in [1.82, 2.24) is 5.32 Å². The van der Waals surface area contributed by atoms with Gasteiger partial charge < -0.3 is 5.32 Å². The van der Waals surface area contributed by atoms with Gasteiger partial charge in [0.1, 0.15) is 6.67 Å². The summed E-state index contributed by atoms with van der Waals surface area (Å²) in [5, 5.41) is 3.33. The third-order valence-electron chi connectivity index (χ3n) is 2.41. The highest BCUT2D eigenvalue weighted by Gasteiger charge is 2.12. The molecule has 0 aromatic rings. The zero-order chi connectivity index (χ0) is 8.39. The summed E-state index contributed by atoms with van der Waals surface area (Å²) in [4.78, 5) is 4.35. The number of rotatable bonds is 0. The van der Waals surface area contributed by atoms with Gasteiger partial charge in [0.25, 0.3) is 0 Å². The third kappa shape index (κ3) is 1.29. The van der Waals surface area contributed by atoms with E-state index in [1.165, 1.54) is 36.2 Å². The summed E-state index contributed by atoms with van der Waals surface area (Å²) in [7, 11) is 0. The fourth-order valence-corrected chi connectivity index (χ4v) is 1.69. The standard InChI is InChI=1S/C10H14N2/c1-8-9-5-3-2-4-6-10(9)12-7-11-8/h3,5,12H,2,4,6-7H2,1H3. The number of nitrogens with one attached hydrogen (secondary N) is 1.